The summed E-state index contributed by atoms with van der Waals surface area (Å²) in [4.78, 5) is 0. The molecule has 2 unspecified atom stereocenters. The lowest BCUT2D eigenvalue weighted by atomic mass is 10.0. The Morgan fingerprint density at radius 2 is 1.76 bits per heavy atom. The van der Waals surface area contributed by atoms with Crippen molar-refractivity contribution in [3.8, 4) is 11.5 Å². The average Bonchev–Trinajstić information content (AvgIpc) is 2.27. The van der Waals surface area contributed by atoms with E-state index < -0.39 is 6.17 Å². The van der Waals surface area contributed by atoms with E-state index in [0.717, 1.165) is 5.56 Å². The molecule has 0 aromatic heterocycles. The second kappa shape index (κ2) is 5.87. The molecule has 0 aliphatic carbocycles. The van der Waals surface area contributed by atoms with Crippen LogP contribution in [-0.2, 0) is 6.42 Å². The van der Waals surface area contributed by atoms with Gasteiger partial charge in [0.2, 0.25) is 0 Å². The van der Waals surface area contributed by atoms with Crippen LogP contribution in [-0.4, -0.2) is 20.3 Å². The van der Waals surface area contributed by atoms with Crippen LogP contribution in [0.4, 0.5) is 4.39 Å². The van der Waals surface area contributed by atoms with Gasteiger partial charge in [0.25, 0.3) is 0 Å². The summed E-state index contributed by atoms with van der Waals surface area (Å²) < 4.78 is 23.9. The first-order valence-corrected chi connectivity index (χ1v) is 5.64. The van der Waals surface area contributed by atoms with E-state index in [1.165, 1.54) is 14.0 Å². The minimum absolute atomic E-state index is 0.0000576. The summed E-state index contributed by atoms with van der Waals surface area (Å²) in [6.45, 7) is 3.39. The first-order chi connectivity index (χ1) is 7.99. The number of hydrogen-bond donors (Lipinski definition) is 1. The molecule has 1 aromatic carbocycles. The topological polar surface area (TPSA) is 44.5 Å². The molecule has 0 bridgehead atoms. The minimum Gasteiger partial charge on any atom is -0.496 e. The molecule has 96 valence electrons. The van der Waals surface area contributed by atoms with Crippen molar-refractivity contribution in [3.05, 3.63) is 23.3 Å². The molecule has 2 N–H and O–H groups in total. The number of nitrogens with two attached hydrogens (primary N) is 1. The molecule has 1 aromatic rings. The lowest BCUT2D eigenvalue weighted by Gasteiger charge is -2.16. The van der Waals surface area contributed by atoms with Crippen LogP contribution in [0.3, 0.4) is 0 Å². The van der Waals surface area contributed by atoms with Crippen LogP contribution < -0.4 is 15.2 Å². The number of alkyl halides is 1. The zero-order chi connectivity index (χ0) is 13.0. The van der Waals surface area contributed by atoms with Crippen molar-refractivity contribution >= 4 is 0 Å². The van der Waals surface area contributed by atoms with Crippen molar-refractivity contribution in [2.75, 3.05) is 14.2 Å². The molecule has 0 fully saturated rings. The van der Waals surface area contributed by atoms with Crippen molar-refractivity contribution in [1.29, 1.82) is 0 Å². The smallest absolute Gasteiger partial charge is 0.128 e. The highest BCUT2D eigenvalue weighted by atomic mass is 19.1. The zero-order valence-corrected chi connectivity index (χ0v) is 10.8. The average molecular weight is 241 g/mol. The molecular weight excluding hydrogens is 221 g/mol. The fourth-order valence-electron chi connectivity index (χ4n) is 1.81. The van der Waals surface area contributed by atoms with E-state index in [1.54, 1.807) is 19.2 Å². The number of rotatable bonds is 5. The highest BCUT2D eigenvalue weighted by molar-refractivity contribution is 5.47. The van der Waals surface area contributed by atoms with E-state index >= 15 is 0 Å². The molecule has 3 nitrogen and oxygen atoms in total. The lowest BCUT2D eigenvalue weighted by Crippen LogP contribution is -2.18. The molecule has 0 saturated carbocycles. The van der Waals surface area contributed by atoms with Crippen molar-refractivity contribution in [2.24, 2.45) is 5.73 Å². The van der Waals surface area contributed by atoms with Gasteiger partial charge >= 0.3 is 0 Å². The van der Waals surface area contributed by atoms with Gasteiger partial charge in [0.15, 0.2) is 0 Å². The molecule has 4 heteroatoms. The highest BCUT2D eigenvalue weighted by Crippen LogP contribution is 2.34. The number of hydrogen-bond acceptors (Lipinski definition) is 3. The van der Waals surface area contributed by atoms with Gasteiger partial charge in [-0.15, -0.1) is 0 Å². The van der Waals surface area contributed by atoms with E-state index in [9.17, 15) is 4.39 Å². The third-order valence-corrected chi connectivity index (χ3v) is 2.60. The quantitative estimate of drug-likeness (QED) is 0.861. The summed E-state index contributed by atoms with van der Waals surface area (Å²) in [5.74, 6) is 1.19. The van der Waals surface area contributed by atoms with Crippen LogP contribution in [0, 0.1) is 0 Å². The van der Waals surface area contributed by atoms with Gasteiger partial charge in [-0.2, -0.15) is 0 Å². The third kappa shape index (κ3) is 3.33. The predicted octanol–water partition coefficient (Wildman–Crippen LogP) is 2.62. The van der Waals surface area contributed by atoms with Gasteiger partial charge in [0, 0.05) is 17.7 Å². The molecular formula is C13H20FNO2. The van der Waals surface area contributed by atoms with Crippen molar-refractivity contribution < 1.29 is 13.9 Å². The van der Waals surface area contributed by atoms with E-state index in [4.69, 9.17) is 15.2 Å². The van der Waals surface area contributed by atoms with Gasteiger partial charge in [-0.25, -0.2) is 4.39 Å². The Morgan fingerprint density at radius 3 is 2.18 bits per heavy atom. The van der Waals surface area contributed by atoms with Gasteiger partial charge < -0.3 is 15.2 Å². The summed E-state index contributed by atoms with van der Waals surface area (Å²) in [6.07, 6.45) is -0.435. The largest absolute Gasteiger partial charge is 0.496 e. The first-order valence-electron chi connectivity index (χ1n) is 5.64. The first kappa shape index (κ1) is 13.8. The molecule has 1 rings (SSSR count). The van der Waals surface area contributed by atoms with E-state index in [1.807, 2.05) is 6.92 Å². The maximum atomic E-state index is 13.5. The van der Waals surface area contributed by atoms with Crippen LogP contribution in [0.5, 0.6) is 11.5 Å². The van der Waals surface area contributed by atoms with Crippen LogP contribution in [0.25, 0.3) is 0 Å². The Labute approximate surface area is 102 Å². The SMILES string of the molecule is COc1cc(OC)c(C(C)F)cc1CC(C)N. The Kier molecular flexibility index (Phi) is 4.75. The van der Waals surface area contributed by atoms with Crippen molar-refractivity contribution in [2.45, 2.75) is 32.5 Å². The van der Waals surface area contributed by atoms with Gasteiger partial charge in [0.1, 0.15) is 17.7 Å². The fourth-order valence-corrected chi connectivity index (χ4v) is 1.81. The molecule has 0 radical (unpaired) electrons. The molecule has 0 spiro atoms. The number of ether oxygens (including phenoxy) is 2. The predicted molar refractivity (Wildman–Crippen MR) is 66.4 cm³/mol. The van der Waals surface area contributed by atoms with E-state index in [0.29, 0.717) is 23.5 Å². The van der Waals surface area contributed by atoms with Crippen LogP contribution in [0.15, 0.2) is 12.1 Å². The minimum atomic E-state index is -1.08. The molecule has 0 heterocycles. The van der Waals surface area contributed by atoms with E-state index in [-0.39, 0.29) is 6.04 Å². The summed E-state index contributed by atoms with van der Waals surface area (Å²) >= 11 is 0. The van der Waals surface area contributed by atoms with Gasteiger partial charge in [-0.3, -0.25) is 0 Å². The molecule has 0 aliphatic heterocycles. The molecule has 0 saturated heterocycles. The number of benzene rings is 1. The van der Waals surface area contributed by atoms with Crippen LogP contribution in [0.2, 0.25) is 0 Å². The van der Waals surface area contributed by atoms with E-state index in [2.05, 4.69) is 0 Å². The van der Waals surface area contributed by atoms with Gasteiger partial charge in [0.05, 0.1) is 14.2 Å². The Hall–Kier alpha value is -1.29. The molecule has 0 amide bonds. The standard InChI is InChI=1S/C13H20FNO2/c1-8(15)5-10-6-11(9(2)14)13(17-4)7-12(10)16-3/h6-9H,5,15H2,1-4H3. The Balaban J connectivity index is 3.23. The van der Waals surface area contributed by atoms with Crippen LogP contribution in [0.1, 0.15) is 31.1 Å². The van der Waals surface area contributed by atoms with Crippen molar-refractivity contribution in [3.63, 3.8) is 0 Å². The number of halogens is 1. The zero-order valence-electron chi connectivity index (χ0n) is 10.8. The molecule has 2 atom stereocenters. The Morgan fingerprint density at radius 1 is 1.18 bits per heavy atom. The molecule has 0 aliphatic rings. The normalized spacial score (nSPS) is 14.2. The molecule has 17 heavy (non-hydrogen) atoms. The Bertz CT molecular complexity index is 378. The summed E-state index contributed by atoms with van der Waals surface area (Å²) in [6, 6.07) is 3.48. The van der Waals surface area contributed by atoms with Gasteiger partial charge in [-0.1, -0.05) is 0 Å². The summed E-state index contributed by atoms with van der Waals surface area (Å²) in [5, 5.41) is 0. The third-order valence-electron chi connectivity index (χ3n) is 2.60. The number of methoxy groups -OCH3 is 2. The van der Waals surface area contributed by atoms with Crippen molar-refractivity contribution in [1.82, 2.24) is 0 Å². The summed E-state index contributed by atoms with van der Waals surface area (Å²) in [5.41, 5.74) is 7.20. The fraction of sp³-hybridized carbons (Fsp3) is 0.538. The van der Waals surface area contributed by atoms with Gasteiger partial charge in [-0.05, 0) is 31.9 Å². The van der Waals surface area contributed by atoms with Crippen LogP contribution >= 0.6 is 0 Å². The monoisotopic (exact) mass is 241 g/mol. The lowest BCUT2D eigenvalue weighted by molar-refractivity contribution is 0.342. The summed E-state index contributed by atoms with van der Waals surface area (Å²) in [7, 11) is 3.10. The maximum absolute atomic E-state index is 13.5. The highest BCUT2D eigenvalue weighted by Gasteiger charge is 2.16. The maximum Gasteiger partial charge on any atom is 0.128 e. The second-order valence-electron chi connectivity index (χ2n) is 4.20. The second-order valence-corrected chi connectivity index (χ2v) is 4.20.